The Hall–Kier alpha value is -2.44. The molecule has 1 aliphatic rings. The number of fused-ring (bicyclic) bond motifs is 1. The third-order valence-corrected chi connectivity index (χ3v) is 7.00. The van der Waals surface area contributed by atoms with E-state index in [-0.39, 0.29) is 9.79 Å². The summed E-state index contributed by atoms with van der Waals surface area (Å²) in [5, 5.41) is 0.845. The first-order chi connectivity index (χ1) is 13.0. The summed E-state index contributed by atoms with van der Waals surface area (Å²) in [4.78, 5) is 9.66. The SMILES string of the molecule is CN(C)C1CCN(c2cccc3cc(S(=O)(=O)c4ccccc4)cnc23)C1. The third kappa shape index (κ3) is 3.31. The van der Waals surface area contributed by atoms with Crippen LogP contribution in [0.3, 0.4) is 0 Å². The van der Waals surface area contributed by atoms with Gasteiger partial charge in [0.2, 0.25) is 9.84 Å². The van der Waals surface area contributed by atoms with Crippen LogP contribution in [0, 0.1) is 0 Å². The highest BCUT2D eigenvalue weighted by Crippen LogP contribution is 2.31. The number of aromatic nitrogens is 1. The van der Waals surface area contributed by atoms with Crippen molar-refractivity contribution >= 4 is 26.4 Å². The zero-order chi connectivity index (χ0) is 19.0. The molecule has 140 valence electrons. The van der Waals surface area contributed by atoms with E-state index < -0.39 is 9.84 Å². The van der Waals surface area contributed by atoms with E-state index in [1.54, 1.807) is 36.4 Å². The molecule has 3 aromatic rings. The van der Waals surface area contributed by atoms with Crippen LogP contribution >= 0.6 is 0 Å². The van der Waals surface area contributed by atoms with Crippen LogP contribution in [0.1, 0.15) is 6.42 Å². The minimum Gasteiger partial charge on any atom is -0.368 e. The summed E-state index contributed by atoms with van der Waals surface area (Å²) >= 11 is 0. The van der Waals surface area contributed by atoms with E-state index in [1.807, 2.05) is 12.1 Å². The number of likely N-dealkylation sites (N-methyl/N-ethyl adjacent to an activating group) is 1. The molecule has 6 heteroatoms. The highest BCUT2D eigenvalue weighted by atomic mass is 32.2. The van der Waals surface area contributed by atoms with E-state index in [4.69, 9.17) is 0 Å². The largest absolute Gasteiger partial charge is 0.368 e. The van der Waals surface area contributed by atoms with Gasteiger partial charge in [0, 0.05) is 30.7 Å². The molecule has 1 fully saturated rings. The average molecular weight is 382 g/mol. The van der Waals surface area contributed by atoms with Crippen molar-refractivity contribution in [2.24, 2.45) is 0 Å². The van der Waals surface area contributed by atoms with Gasteiger partial charge in [-0.05, 0) is 44.8 Å². The molecule has 0 saturated carbocycles. The van der Waals surface area contributed by atoms with Gasteiger partial charge in [0.25, 0.3) is 0 Å². The van der Waals surface area contributed by atoms with Crippen molar-refractivity contribution in [3.8, 4) is 0 Å². The van der Waals surface area contributed by atoms with Gasteiger partial charge < -0.3 is 9.80 Å². The minimum atomic E-state index is -3.57. The van der Waals surface area contributed by atoms with E-state index >= 15 is 0 Å². The zero-order valence-corrected chi connectivity index (χ0v) is 16.4. The molecule has 4 rings (SSSR count). The molecule has 1 atom stereocenters. The van der Waals surface area contributed by atoms with Gasteiger partial charge >= 0.3 is 0 Å². The lowest BCUT2D eigenvalue weighted by molar-refractivity contribution is 0.315. The molecule has 27 heavy (non-hydrogen) atoms. The fraction of sp³-hybridized carbons (Fsp3) is 0.286. The van der Waals surface area contributed by atoms with Crippen molar-refractivity contribution in [2.45, 2.75) is 22.3 Å². The Kier molecular flexibility index (Phi) is 4.61. The van der Waals surface area contributed by atoms with Crippen LogP contribution < -0.4 is 4.90 Å². The van der Waals surface area contributed by atoms with Gasteiger partial charge in [-0.3, -0.25) is 4.98 Å². The molecular weight excluding hydrogens is 358 g/mol. The number of benzene rings is 2. The molecule has 0 spiro atoms. The topological polar surface area (TPSA) is 53.5 Å². The van der Waals surface area contributed by atoms with Gasteiger partial charge in [0.05, 0.1) is 21.0 Å². The lowest BCUT2D eigenvalue weighted by Gasteiger charge is -2.22. The fourth-order valence-corrected chi connectivity index (χ4v) is 4.91. The van der Waals surface area contributed by atoms with Crippen molar-refractivity contribution < 1.29 is 8.42 Å². The Balaban J connectivity index is 1.73. The lowest BCUT2D eigenvalue weighted by atomic mass is 10.2. The number of sulfone groups is 1. The summed E-state index contributed by atoms with van der Waals surface area (Å²) < 4.78 is 25.8. The van der Waals surface area contributed by atoms with Gasteiger partial charge in [-0.1, -0.05) is 30.3 Å². The Labute approximate surface area is 160 Å². The quantitative estimate of drug-likeness (QED) is 0.695. The maximum Gasteiger partial charge on any atom is 0.208 e. The predicted molar refractivity (Wildman–Crippen MR) is 108 cm³/mol. The maximum absolute atomic E-state index is 12.9. The van der Waals surface area contributed by atoms with Crippen molar-refractivity contribution in [3.63, 3.8) is 0 Å². The molecular formula is C21H23N3O2S. The molecule has 0 radical (unpaired) electrons. The lowest BCUT2D eigenvalue weighted by Crippen LogP contribution is -2.31. The number of nitrogens with zero attached hydrogens (tertiary/aromatic N) is 3. The summed E-state index contributed by atoms with van der Waals surface area (Å²) in [6.07, 6.45) is 2.59. The monoisotopic (exact) mass is 381 g/mol. The second-order valence-corrected chi connectivity index (χ2v) is 9.14. The minimum absolute atomic E-state index is 0.228. The number of rotatable bonds is 4. The summed E-state index contributed by atoms with van der Waals surface area (Å²) in [6, 6.07) is 16.7. The van der Waals surface area contributed by atoms with Crippen molar-refractivity contribution in [2.75, 3.05) is 32.1 Å². The molecule has 0 N–H and O–H groups in total. The Bertz CT molecular complexity index is 1070. The summed E-state index contributed by atoms with van der Waals surface area (Å²) in [5.41, 5.74) is 1.92. The molecule has 1 aliphatic heterocycles. The first kappa shape index (κ1) is 17.9. The van der Waals surface area contributed by atoms with Gasteiger partial charge in [-0.15, -0.1) is 0 Å². The van der Waals surface area contributed by atoms with Gasteiger partial charge in [0.15, 0.2) is 0 Å². The second kappa shape index (κ2) is 6.94. The highest BCUT2D eigenvalue weighted by Gasteiger charge is 2.26. The first-order valence-corrected chi connectivity index (χ1v) is 10.6. The molecule has 1 aromatic heterocycles. The Morgan fingerprint density at radius 1 is 1.04 bits per heavy atom. The van der Waals surface area contributed by atoms with Crippen LogP contribution in [-0.2, 0) is 9.84 Å². The van der Waals surface area contributed by atoms with E-state index in [0.29, 0.717) is 6.04 Å². The normalized spacial score (nSPS) is 17.7. The number of hydrogen-bond acceptors (Lipinski definition) is 5. The second-order valence-electron chi connectivity index (χ2n) is 7.19. The van der Waals surface area contributed by atoms with Crippen LogP contribution in [0.4, 0.5) is 5.69 Å². The average Bonchev–Trinajstić information content (AvgIpc) is 3.18. The zero-order valence-electron chi connectivity index (χ0n) is 15.5. The van der Waals surface area contributed by atoms with Gasteiger partial charge in [-0.25, -0.2) is 8.42 Å². The molecule has 0 amide bonds. The first-order valence-electron chi connectivity index (χ1n) is 9.07. The fourth-order valence-electron chi connectivity index (χ4n) is 3.64. The Morgan fingerprint density at radius 2 is 1.81 bits per heavy atom. The summed E-state index contributed by atoms with van der Waals surface area (Å²) in [5.74, 6) is 0. The summed E-state index contributed by atoms with van der Waals surface area (Å²) in [6.45, 7) is 1.94. The van der Waals surface area contributed by atoms with Gasteiger partial charge in [-0.2, -0.15) is 0 Å². The van der Waals surface area contributed by atoms with Crippen molar-refractivity contribution in [1.82, 2.24) is 9.88 Å². The van der Waals surface area contributed by atoms with E-state index in [0.717, 1.165) is 36.1 Å². The van der Waals surface area contributed by atoms with Crippen LogP contribution in [-0.4, -0.2) is 51.5 Å². The van der Waals surface area contributed by atoms with Gasteiger partial charge in [0.1, 0.15) is 0 Å². The molecule has 1 unspecified atom stereocenters. The third-order valence-electron chi connectivity index (χ3n) is 5.26. The smallest absolute Gasteiger partial charge is 0.208 e. The molecule has 1 saturated heterocycles. The van der Waals surface area contributed by atoms with Crippen LogP contribution in [0.15, 0.2) is 70.6 Å². The van der Waals surface area contributed by atoms with Crippen molar-refractivity contribution in [3.05, 3.63) is 60.8 Å². The van der Waals surface area contributed by atoms with E-state index in [9.17, 15) is 8.42 Å². The molecule has 2 heterocycles. The van der Waals surface area contributed by atoms with E-state index in [2.05, 4.69) is 34.9 Å². The number of para-hydroxylation sites is 1. The number of hydrogen-bond donors (Lipinski definition) is 0. The maximum atomic E-state index is 12.9. The molecule has 0 aliphatic carbocycles. The highest BCUT2D eigenvalue weighted by molar-refractivity contribution is 7.91. The number of pyridine rings is 1. The standard InChI is InChI=1S/C21H23N3O2S/c1-23(2)17-11-12-24(15-17)20-10-6-7-16-13-19(14-22-21(16)20)27(25,26)18-8-4-3-5-9-18/h3-10,13-14,17H,11-12,15H2,1-2H3. The van der Waals surface area contributed by atoms with Crippen LogP contribution in [0.5, 0.6) is 0 Å². The molecule has 0 bridgehead atoms. The summed E-state index contributed by atoms with van der Waals surface area (Å²) in [7, 11) is 0.650. The molecule has 5 nitrogen and oxygen atoms in total. The van der Waals surface area contributed by atoms with Crippen LogP contribution in [0.25, 0.3) is 10.9 Å². The van der Waals surface area contributed by atoms with E-state index in [1.165, 1.54) is 6.20 Å². The van der Waals surface area contributed by atoms with Crippen LogP contribution in [0.2, 0.25) is 0 Å². The van der Waals surface area contributed by atoms with Crippen molar-refractivity contribution in [1.29, 1.82) is 0 Å². The number of anilines is 1. The Morgan fingerprint density at radius 3 is 2.52 bits per heavy atom. The molecule has 2 aromatic carbocycles. The predicted octanol–water partition coefficient (Wildman–Crippen LogP) is 3.21.